The molecule has 0 radical (unpaired) electrons. The van der Waals surface area contributed by atoms with Gasteiger partial charge in [-0.05, 0) is 45.6 Å². The normalized spacial score (nSPS) is 19.6. The molecule has 1 aromatic heterocycles. The maximum Gasteiger partial charge on any atom is 0.343 e. The van der Waals surface area contributed by atoms with E-state index in [9.17, 15) is 4.79 Å². The number of nitrogens with zero attached hydrogens (tertiary/aromatic N) is 2. The predicted octanol–water partition coefficient (Wildman–Crippen LogP) is 1.78. The number of hydrogen-bond acceptors (Lipinski definition) is 3. The van der Waals surface area contributed by atoms with Gasteiger partial charge in [0.2, 0.25) is 0 Å². The van der Waals surface area contributed by atoms with Gasteiger partial charge >= 0.3 is 5.69 Å². The molecule has 108 valence electrons. The zero-order valence-corrected chi connectivity index (χ0v) is 12.3. The molecule has 1 heterocycles. The van der Waals surface area contributed by atoms with Crippen LogP contribution in [0.2, 0.25) is 0 Å². The first-order chi connectivity index (χ1) is 8.88. The van der Waals surface area contributed by atoms with Gasteiger partial charge in [0.15, 0.2) is 0 Å². The average Bonchev–Trinajstić information content (AvgIpc) is 2.71. The van der Waals surface area contributed by atoms with E-state index >= 15 is 0 Å². The summed E-state index contributed by atoms with van der Waals surface area (Å²) in [5.41, 5.74) is 5.79. The molecule has 0 unspecified atom stereocenters. The lowest BCUT2D eigenvalue weighted by atomic mass is 9.71. The van der Waals surface area contributed by atoms with E-state index in [1.54, 1.807) is 4.57 Å². The fourth-order valence-corrected chi connectivity index (χ4v) is 3.23. The molecule has 0 bridgehead atoms. The third-order valence-corrected chi connectivity index (χ3v) is 4.29. The predicted molar refractivity (Wildman–Crippen MR) is 76.1 cm³/mol. The number of hydrogen-bond donors (Lipinski definition) is 2. The van der Waals surface area contributed by atoms with Crippen LogP contribution in [-0.2, 0) is 12.0 Å². The highest BCUT2D eigenvalue weighted by Gasteiger charge is 2.34. The van der Waals surface area contributed by atoms with Gasteiger partial charge in [0.25, 0.3) is 0 Å². The van der Waals surface area contributed by atoms with Gasteiger partial charge in [-0.1, -0.05) is 19.3 Å². The lowest BCUT2D eigenvalue weighted by molar-refractivity contribution is 0.187. The molecule has 0 aliphatic heterocycles. The van der Waals surface area contributed by atoms with E-state index in [1.807, 2.05) is 20.8 Å². The molecule has 1 fully saturated rings. The Morgan fingerprint density at radius 1 is 1.32 bits per heavy atom. The van der Waals surface area contributed by atoms with Gasteiger partial charge in [-0.2, -0.15) is 5.10 Å². The summed E-state index contributed by atoms with van der Waals surface area (Å²) in [6, 6.07) is 0. The molecule has 2 rings (SSSR count). The van der Waals surface area contributed by atoms with E-state index in [0.29, 0.717) is 6.54 Å². The molecule has 1 aliphatic rings. The van der Waals surface area contributed by atoms with Crippen molar-refractivity contribution in [2.24, 2.45) is 11.1 Å². The zero-order chi connectivity index (χ0) is 14.1. The fraction of sp³-hybridized carbons (Fsp3) is 0.857. The van der Waals surface area contributed by atoms with Gasteiger partial charge in [0.05, 0.1) is 0 Å². The maximum absolute atomic E-state index is 11.9. The lowest BCUT2D eigenvalue weighted by Gasteiger charge is -2.36. The van der Waals surface area contributed by atoms with Crippen molar-refractivity contribution in [3.63, 3.8) is 0 Å². The molecule has 0 atom stereocenters. The Bertz CT molecular complexity index is 474. The van der Waals surface area contributed by atoms with Crippen molar-refractivity contribution < 1.29 is 0 Å². The molecule has 1 saturated carbocycles. The number of H-pyrrole nitrogens is 1. The molecule has 19 heavy (non-hydrogen) atoms. The van der Waals surface area contributed by atoms with Crippen LogP contribution < -0.4 is 11.4 Å². The van der Waals surface area contributed by atoms with Crippen LogP contribution in [0.15, 0.2) is 4.79 Å². The van der Waals surface area contributed by atoms with Crippen molar-refractivity contribution in [1.29, 1.82) is 0 Å². The third-order valence-electron chi connectivity index (χ3n) is 4.29. The minimum absolute atomic E-state index is 0.120. The van der Waals surface area contributed by atoms with Crippen LogP contribution >= 0.6 is 0 Å². The Labute approximate surface area is 114 Å². The van der Waals surface area contributed by atoms with Crippen LogP contribution in [-0.4, -0.2) is 21.3 Å². The second kappa shape index (κ2) is 5.12. The Morgan fingerprint density at radius 2 is 1.95 bits per heavy atom. The number of rotatable bonds is 3. The molecule has 5 nitrogen and oxygen atoms in total. The molecular formula is C14H26N4O. The molecular weight excluding hydrogens is 240 g/mol. The van der Waals surface area contributed by atoms with E-state index in [2.05, 4.69) is 10.2 Å². The van der Waals surface area contributed by atoms with Crippen LogP contribution in [0, 0.1) is 5.41 Å². The summed E-state index contributed by atoms with van der Waals surface area (Å²) in [4.78, 5) is 11.9. The van der Waals surface area contributed by atoms with Crippen LogP contribution in [0.5, 0.6) is 0 Å². The molecule has 0 saturated heterocycles. The van der Waals surface area contributed by atoms with E-state index in [-0.39, 0.29) is 16.6 Å². The van der Waals surface area contributed by atoms with E-state index in [4.69, 9.17) is 5.73 Å². The van der Waals surface area contributed by atoms with E-state index in [0.717, 1.165) is 25.1 Å². The molecule has 0 amide bonds. The summed E-state index contributed by atoms with van der Waals surface area (Å²) in [5.74, 6) is 0.852. The van der Waals surface area contributed by atoms with Crippen LogP contribution in [0.25, 0.3) is 0 Å². The SMILES string of the molecule is CC(C)(C)n1c(CC2(CN)CCCCC2)n[nH]c1=O. The Morgan fingerprint density at radius 3 is 2.47 bits per heavy atom. The quantitative estimate of drug-likeness (QED) is 0.875. The second-order valence-corrected chi connectivity index (χ2v) is 6.89. The highest BCUT2D eigenvalue weighted by Crippen LogP contribution is 2.38. The first-order valence-electron chi connectivity index (χ1n) is 7.25. The lowest BCUT2D eigenvalue weighted by Crippen LogP contribution is -2.39. The standard InChI is InChI=1S/C14H26N4O/c1-13(2,3)18-11(16-17-12(18)19)9-14(10-15)7-5-4-6-8-14/h4-10,15H2,1-3H3,(H,17,19). The van der Waals surface area contributed by atoms with Crippen molar-refractivity contribution in [2.75, 3.05) is 6.54 Å². The first kappa shape index (κ1) is 14.3. The Hall–Kier alpha value is -1.10. The van der Waals surface area contributed by atoms with E-state index in [1.165, 1.54) is 19.3 Å². The minimum atomic E-state index is -0.246. The van der Waals surface area contributed by atoms with Gasteiger partial charge in [-0.25, -0.2) is 9.89 Å². The average molecular weight is 266 g/mol. The van der Waals surface area contributed by atoms with Crippen LogP contribution in [0.3, 0.4) is 0 Å². The Balaban J connectivity index is 2.30. The van der Waals surface area contributed by atoms with Gasteiger partial charge in [0.1, 0.15) is 5.82 Å². The van der Waals surface area contributed by atoms with Gasteiger partial charge < -0.3 is 5.73 Å². The number of nitrogens with two attached hydrogens (primary N) is 1. The minimum Gasteiger partial charge on any atom is -0.330 e. The maximum atomic E-state index is 11.9. The molecule has 1 aliphatic carbocycles. The first-order valence-corrected chi connectivity index (χ1v) is 7.25. The third kappa shape index (κ3) is 2.91. The summed E-state index contributed by atoms with van der Waals surface area (Å²) in [5, 5.41) is 6.83. The highest BCUT2D eigenvalue weighted by atomic mass is 16.1. The Kier molecular flexibility index (Phi) is 3.85. The van der Waals surface area contributed by atoms with Gasteiger partial charge in [-0.15, -0.1) is 0 Å². The summed E-state index contributed by atoms with van der Waals surface area (Å²) < 4.78 is 1.78. The second-order valence-electron chi connectivity index (χ2n) is 6.89. The summed E-state index contributed by atoms with van der Waals surface area (Å²) in [7, 11) is 0. The molecule has 5 heteroatoms. The van der Waals surface area contributed by atoms with Gasteiger partial charge in [-0.3, -0.25) is 4.57 Å². The number of aromatic amines is 1. The van der Waals surface area contributed by atoms with Crippen molar-refractivity contribution >= 4 is 0 Å². The zero-order valence-electron chi connectivity index (χ0n) is 12.3. The van der Waals surface area contributed by atoms with Crippen molar-refractivity contribution in [3.8, 4) is 0 Å². The number of nitrogens with one attached hydrogen (secondary N) is 1. The molecule has 3 N–H and O–H groups in total. The molecule has 0 aromatic carbocycles. The summed E-state index contributed by atoms with van der Waals surface area (Å²) >= 11 is 0. The topological polar surface area (TPSA) is 76.7 Å². The van der Waals surface area contributed by atoms with Crippen molar-refractivity contribution in [1.82, 2.24) is 14.8 Å². The highest BCUT2D eigenvalue weighted by molar-refractivity contribution is 5.00. The molecule has 0 spiro atoms. The fourth-order valence-electron chi connectivity index (χ4n) is 3.23. The van der Waals surface area contributed by atoms with E-state index < -0.39 is 0 Å². The van der Waals surface area contributed by atoms with Crippen LogP contribution in [0.4, 0.5) is 0 Å². The monoisotopic (exact) mass is 266 g/mol. The summed E-state index contributed by atoms with van der Waals surface area (Å²) in [6.07, 6.45) is 6.88. The smallest absolute Gasteiger partial charge is 0.330 e. The van der Waals surface area contributed by atoms with Crippen molar-refractivity contribution in [2.45, 2.75) is 64.8 Å². The summed E-state index contributed by atoms with van der Waals surface area (Å²) in [6.45, 7) is 6.77. The number of aromatic nitrogens is 3. The molecule has 1 aromatic rings. The van der Waals surface area contributed by atoms with Crippen molar-refractivity contribution in [3.05, 3.63) is 16.3 Å². The largest absolute Gasteiger partial charge is 0.343 e. The van der Waals surface area contributed by atoms with Crippen LogP contribution in [0.1, 0.15) is 58.7 Å². The van der Waals surface area contributed by atoms with Gasteiger partial charge in [0, 0.05) is 12.0 Å².